The van der Waals surface area contributed by atoms with Crippen LogP contribution in [0.25, 0.3) is 0 Å². The molecular weight excluding hydrogens is 303 g/mol. The van der Waals surface area contributed by atoms with Crippen LogP contribution >= 0.6 is 23.2 Å². The molecule has 0 spiro atoms. The highest BCUT2D eigenvalue weighted by molar-refractivity contribution is 6.35. The van der Waals surface area contributed by atoms with Crippen LogP contribution in [0.1, 0.15) is 0 Å². The van der Waals surface area contributed by atoms with Gasteiger partial charge < -0.3 is 15.4 Å². The number of benzene rings is 1. The highest BCUT2D eigenvalue weighted by Gasteiger charge is 2.07. The zero-order valence-electron chi connectivity index (χ0n) is 10.6. The lowest BCUT2D eigenvalue weighted by atomic mass is 10.3. The zero-order chi connectivity index (χ0) is 15.0. The second-order valence-electron chi connectivity index (χ2n) is 3.73. The van der Waals surface area contributed by atoms with Crippen LogP contribution in [0.15, 0.2) is 30.9 Å². The first-order valence-electron chi connectivity index (χ1n) is 5.75. The molecule has 1 rings (SSSR count). The molecule has 0 aromatic heterocycles. The molecule has 0 fully saturated rings. The van der Waals surface area contributed by atoms with E-state index in [1.54, 1.807) is 18.2 Å². The van der Waals surface area contributed by atoms with Crippen LogP contribution in [0, 0.1) is 0 Å². The van der Waals surface area contributed by atoms with Crippen molar-refractivity contribution in [1.82, 2.24) is 10.6 Å². The summed E-state index contributed by atoms with van der Waals surface area (Å²) in [5, 5.41) is 5.73. The van der Waals surface area contributed by atoms with Crippen LogP contribution in [0.2, 0.25) is 10.0 Å². The lowest BCUT2D eigenvalue weighted by Gasteiger charge is -2.09. The van der Waals surface area contributed by atoms with Crippen LogP contribution in [0.4, 0.5) is 0 Å². The molecule has 0 aliphatic rings. The Labute approximate surface area is 126 Å². The Bertz CT molecular complexity index is 506. The van der Waals surface area contributed by atoms with E-state index in [0.29, 0.717) is 22.3 Å². The van der Waals surface area contributed by atoms with Gasteiger partial charge in [0, 0.05) is 11.6 Å². The predicted molar refractivity (Wildman–Crippen MR) is 78.2 cm³/mol. The first-order chi connectivity index (χ1) is 9.52. The molecule has 0 saturated carbocycles. The summed E-state index contributed by atoms with van der Waals surface area (Å²) in [4.78, 5) is 22.7. The number of carbonyl (C=O) groups is 2. The molecule has 0 heterocycles. The van der Waals surface area contributed by atoms with Gasteiger partial charge in [0.25, 0.3) is 5.91 Å². The Morgan fingerprint density at radius 3 is 2.65 bits per heavy atom. The molecule has 0 atom stereocenters. The van der Waals surface area contributed by atoms with Crippen molar-refractivity contribution < 1.29 is 14.3 Å². The van der Waals surface area contributed by atoms with Crippen molar-refractivity contribution in [2.45, 2.75) is 0 Å². The normalized spacial score (nSPS) is 9.70. The van der Waals surface area contributed by atoms with Crippen molar-refractivity contribution in [3.8, 4) is 5.75 Å². The molecule has 0 radical (unpaired) electrons. The summed E-state index contributed by atoms with van der Waals surface area (Å²) in [6.07, 6.45) is 1.55. The highest BCUT2D eigenvalue weighted by Crippen LogP contribution is 2.27. The summed E-state index contributed by atoms with van der Waals surface area (Å²) in [5.41, 5.74) is 0. The number of rotatable bonds is 7. The summed E-state index contributed by atoms with van der Waals surface area (Å²) in [6, 6.07) is 4.68. The van der Waals surface area contributed by atoms with Gasteiger partial charge >= 0.3 is 0 Å². The van der Waals surface area contributed by atoms with Crippen LogP contribution < -0.4 is 15.4 Å². The molecule has 7 heteroatoms. The number of carbonyl (C=O) groups excluding carboxylic acids is 2. The minimum absolute atomic E-state index is 0.121. The molecule has 2 N–H and O–H groups in total. The Balaban J connectivity index is 2.32. The van der Waals surface area contributed by atoms with E-state index in [0.717, 1.165) is 0 Å². The number of nitrogens with one attached hydrogen (secondary N) is 2. The number of hydrogen-bond donors (Lipinski definition) is 2. The van der Waals surface area contributed by atoms with E-state index in [1.165, 1.54) is 6.07 Å². The molecule has 0 aliphatic carbocycles. The summed E-state index contributed by atoms with van der Waals surface area (Å²) < 4.78 is 5.22. The lowest BCUT2D eigenvalue weighted by molar-refractivity contribution is -0.127. The fourth-order valence-corrected chi connectivity index (χ4v) is 1.68. The summed E-state index contributed by atoms with van der Waals surface area (Å²) in [6.45, 7) is 3.45. The van der Waals surface area contributed by atoms with Crippen molar-refractivity contribution in [2.24, 2.45) is 0 Å². The molecule has 0 saturated heterocycles. The Kier molecular flexibility index (Phi) is 6.90. The number of amides is 2. The minimum Gasteiger partial charge on any atom is -0.482 e. The molecule has 0 aliphatic heterocycles. The van der Waals surface area contributed by atoms with Gasteiger partial charge in [-0.2, -0.15) is 0 Å². The lowest BCUT2D eigenvalue weighted by Crippen LogP contribution is -2.38. The van der Waals surface area contributed by atoms with Gasteiger partial charge in [-0.05, 0) is 18.2 Å². The van der Waals surface area contributed by atoms with Crippen LogP contribution in [0.5, 0.6) is 5.75 Å². The monoisotopic (exact) mass is 316 g/mol. The first-order valence-corrected chi connectivity index (χ1v) is 6.50. The number of ether oxygens (including phenoxy) is 1. The Morgan fingerprint density at radius 2 is 2.00 bits per heavy atom. The molecule has 108 valence electrons. The van der Waals surface area contributed by atoms with E-state index in [1.807, 2.05) is 0 Å². The number of hydrogen-bond acceptors (Lipinski definition) is 3. The van der Waals surface area contributed by atoms with E-state index in [4.69, 9.17) is 27.9 Å². The molecule has 1 aromatic carbocycles. The summed E-state index contributed by atoms with van der Waals surface area (Å²) in [5.74, 6) is -0.380. The molecule has 0 bridgehead atoms. The van der Waals surface area contributed by atoms with Crippen molar-refractivity contribution >= 4 is 35.0 Å². The molecule has 0 unspecified atom stereocenters. The van der Waals surface area contributed by atoms with Gasteiger partial charge in [0.2, 0.25) is 5.91 Å². The van der Waals surface area contributed by atoms with E-state index in [9.17, 15) is 9.59 Å². The summed E-state index contributed by atoms with van der Waals surface area (Å²) >= 11 is 11.6. The third-order valence-corrected chi connectivity index (χ3v) is 2.67. The third-order valence-electron chi connectivity index (χ3n) is 2.14. The molecule has 2 amide bonds. The highest BCUT2D eigenvalue weighted by atomic mass is 35.5. The Morgan fingerprint density at radius 1 is 1.25 bits per heavy atom. The third kappa shape index (κ3) is 5.95. The van der Waals surface area contributed by atoms with E-state index < -0.39 is 5.91 Å². The average Bonchev–Trinajstić information content (AvgIpc) is 2.41. The van der Waals surface area contributed by atoms with Crippen LogP contribution in [-0.2, 0) is 9.59 Å². The van der Waals surface area contributed by atoms with Gasteiger partial charge in [0.1, 0.15) is 5.75 Å². The maximum absolute atomic E-state index is 11.5. The molecule has 1 aromatic rings. The van der Waals surface area contributed by atoms with Gasteiger partial charge in [0.15, 0.2) is 6.61 Å². The van der Waals surface area contributed by atoms with Crippen molar-refractivity contribution in [3.63, 3.8) is 0 Å². The van der Waals surface area contributed by atoms with Gasteiger partial charge in [0.05, 0.1) is 11.6 Å². The Hall–Kier alpha value is -1.72. The minimum atomic E-state index is -0.426. The zero-order valence-corrected chi connectivity index (χ0v) is 12.1. The maximum Gasteiger partial charge on any atom is 0.258 e. The smallest absolute Gasteiger partial charge is 0.258 e. The number of halogens is 2. The topological polar surface area (TPSA) is 67.4 Å². The van der Waals surface area contributed by atoms with Crippen molar-refractivity contribution in [2.75, 3.05) is 19.7 Å². The summed E-state index contributed by atoms with van der Waals surface area (Å²) in [7, 11) is 0. The first kappa shape index (κ1) is 16.3. The van der Waals surface area contributed by atoms with Gasteiger partial charge in [-0.3, -0.25) is 9.59 Å². The quantitative estimate of drug-likeness (QED) is 0.754. The fraction of sp³-hybridized carbons (Fsp3) is 0.231. The van der Waals surface area contributed by atoms with Gasteiger partial charge in [-0.25, -0.2) is 0 Å². The second kappa shape index (κ2) is 8.45. The van der Waals surface area contributed by atoms with Crippen molar-refractivity contribution in [1.29, 1.82) is 0 Å². The average molecular weight is 317 g/mol. The second-order valence-corrected chi connectivity index (χ2v) is 4.58. The van der Waals surface area contributed by atoms with Crippen LogP contribution in [-0.4, -0.2) is 31.5 Å². The fourth-order valence-electron chi connectivity index (χ4n) is 1.21. The largest absolute Gasteiger partial charge is 0.482 e. The van der Waals surface area contributed by atoms with Gasteiger partial charge in [-0.1, -0.05) is 29.3 Å². The maximum atomic E-state index is 11.5. The molecule has 20 heavy (non-hydrogen) atoms. The molecular formula is C13H14Cl2N2O3. The predicted octanol–water partition coefficient (Wildman–Crippen LogP) is 1.79. The standard InChI is InChI=1S/C13H14Cl2N2O3/c1-2-5-16-12(18)7-17-13(19)8-20-11-4-3-9(14)6-10(11)15/h2-4,6H,1,5,7-8H2,(H,16,18)(H,17,19). The van der Waals surface area contributed by atoms with Crippen molar-refractivity contribution in [3.05, 3.63) is 40.9 Å². The van der Waals surface area contributed by atoms with E-state index >= 15 is 0 Å². The van der Waals surface area contributed by atoms with Crippen LogP contribution in [0.3, 0.4) is 0 Å². The van der Waals surface area contributed by atoms with E-state index in [-0.39, 0.29) is 19.1 Å². The van der Waals surface area contributed by atoms with Gasteiger partial charge in [-0.15, -0.1) is 6.58 Å². The molecule has 5 nitrogen and oxygen atoms in total. The van der Waals surface area contributed by atoms with E-state index in [2.05, 4.69) is 17.2 Å². The SMILES string of the molecule is C=CCNC(=O)CNC(=O)COc1ccc(Cl)cc1Cl.